The van der Waals surface area contributed by atoms with Crippen molar-refractivity contribution >= 4 is 5.91 Å². The van der Waals surface area contributed by atoms with E-state index in [1.165, 1.54) is 6.07 Å². The van der Waals surface area contributed by atoms with Crippen LogP contribution in [0.25, 0.3) is 11.5 Å². The van der Waals surface area contributed by atoms with E-state index in [-0.39, 0.29) is 17.6 Å². The summed E-state index contributed by atoms with van der Waals surface area (Å²) in [6.07, 6.45) is 1.72. The van der Waals surface area contributed by atoms with Crippen molar-refractivity contribution in [3.05, 3.63) is 71.4 Å². The molecule has 0 radical (unpaired) electrons. The van der Waals surface area contributed by atoms with E-state index in [1.807, 2.05) is 30.3 Å². The number of carbonyl (C=O) groups is 1. The lowest BCUT2D eigenvalue weighted by Gasteiger charge is -2.31. The number of piperidine rings is 1. The van der Waals surface area contributed by atoms with E-state index in [0.717, 1.165) is 18.4 Å². The van der Waals surface area contributed by atoms with Gasteiger partial charge in [0.1, 0.15) is 5.82 Å². The number of hydrogen-bond acceptors (Lipinski definition) is 4. The molecule has 0 N–H and O–H groups in total. The second-order valence-electron chi connectivity index (χ2n) is 6.87. The number of hydrogen-bond donors (Lipinski definition) is 0. The van der Waals surface area contributed by atoms with Gasteiger partial charge in [0.2, 0.25) is 11.8 Å². The molecule has 0 spiro atoms. The number of aromatic nitrogens is 2. The van der Waals surface area contributed by atoms with Crippen LogP contribution in [0.1, 0.15) is 40.6 Å². The van der Waals surface area contributed by atoms with Crippen LogP contribution in [0.4, 0.5) is 4.39 Å². The van der Waals surface area contributed by atoms with Gasteiger partial charge in [-0.05, 0) is 49.6 Å². The molecule has 138 valence electrons. The molecule has 1 amide bonds. The number of aryl methyl sites for hydroxylation is 1. The molecule has 1 aliphatic rings. The van der Waals surface area contributed by atoms with Gasteiger partial charge >= 0.3 is 0 Å². The van der Waals surface area contributed by atoms with E-state index in [4.69, 9.17) is 4.42 Å². The lowest BCUT2D eigenvalue weighted by Crippen LogP contribution is -2.39. The molecule has 0 bridgehead atoms. The minimum absolute atomic E-state index is 0.0112. The molecule has 0 saturated carbocycles. The highest BCUT2D eigenvalue weighted by Crippen LogP contribution is 2.29. The number of carbonyl (C=O) groups excluding carboxylic acids is 1. The zero-order chi connectivity index (χ0) is 18.8. The van der Waals surface area contributed by atoms with Crippen molar-refractivity contribution in [1.82, 2.24) is 15.1 Å². The van der Waals surface area contributed by atoms with E-state index in [9.17, 15) is 9.18 Å². The van der Waals surface area contributed by atoms with Gasteiger partial charge in [0.15, 0.2) is 0 Å². The van der Waals surface area contributed by atoms with Crippen LogP contribution in [0.5, 0.6) is 0 Å². The van der Waals surface area contributed by atoms with Crippen molar-refractivity contribution in [2.75, 3.05) is 13.1 Å². The van der Waals surface area contributed by atoms with Crippen molar-refractivity contribution in [2.24, 2.45) is 0 Å². The molecule has 2 aromatic carbocycles. The average Bonchev–Trinajstić information content (AvgIpc) is 3.21. The van der Waals surface area contributed by atoms with Gasteiger partial charge in [-0.2, -0.15) is 0 Å². The maximum atomic E-state index is 13.8. The minimum atomic E-state index is -0.362. The summed E-state index contributed by atoms with van der Waals surface area (Å²) < 4.78 is 19.7. The van der Waals surface area contributed by atoms with Gasteiger partial charge in [0, 0.05) is 24.2 Å². The quantitative estimate of drug-likeness (QED) is 0.698. The van der Waals surface area contributed by atoms with Crippen LogP contribution in [0.15, 0.2) is 52.9 Å². The van der Waals surface area contributed by atoms with Crippen LogP contribution < -0.4 is 0 Å². The summed E-state index contributed by atoms with van der Waals surface area (Å²) in [5.74, 6) is 0.485. The first-order valence-electron chi connectivity index (χ1n) is 9.06. The van der Waals surface area contributed by atoms with Gasteiger partial charge in [-0.3, -0.25) is 4.79 Å². The lowest BCUT2D eigenvalue weighted by atomic mass is 9.97. The van der Waals surface area contributed by atoms with E-state index in [2.05, 4.69) is 10.2 Å². The Morgan fingerprint density at radius 1 is 1.19 bits per heavy atom. The van der Waals surface area contributed by atoms with E-state index < -0.39 is 0 Å². The molecule has 3 aromatic rings. The maximum absolute atomic E-state index is 13.8. The normalized spacial score (nSPS) is 17.1. The summed E-state index contributed by atoms with van der Waals surface area (Å²) in [6, 6.07) is 14.2. The monoisotopic (exact) mass is 365 g/mol. The average molecular weight is 365 g/mol. The Bertz CT molecular complexity index is 955. The maximum Gasteiger partial charge on any atom is 0.253 e. The van der Waals surface area contributed by atoms with Crippen LogP contribution in [-0.2, 0) is 0 Å². The molecule has 0 unspecified atom stereocenters. The third kappa shape index (κ3) is 3.60. The molecule has 5 nitrogen and oxygen atoms in total. The zero-order valence-electron chi connectivity index (χ0n) is 15.1. The molecule has 1 aromatic heterocycles. The third-order valence-electron chi connectivity index (χ3n) is 4.94. The van der Waals surface area contributed by atoms with Gasteiger partial charge in [0.05, 0.1) is 5.92 Å². The van der Waals surface area contributed by atoms with Gasteiger partial charge in [0.25, 0.3) is 5.91 Å². The van der Waals surface area contributed by atoms with Crippen molar-refractivity contribution in [2.45, 2.75) is 25.7 Å². The summed E-state index contributed by atoms with van der Waals surface area (Å²) in [4.78, 5) is 14.5. The lowest BCUT2D eigenvalue weighted by molar-refractivity contribution is 0.0698. The Kier molecular flexibility index (Phi) is 4.71. The zero-order valence-corrected chi connectivity index (χ0v) is 15.1. The molecular formula is C21H20FN3O2. The van der Waals surface area contributed by atoms with Crippen molar-refractivity contribution < 1.29 is 13.6 Å². The first-order valence-corrected chi connectivity index (χ1v) is 9.06. The van der Waals surface area contributed by atoms with Gasteiger partial charge in [-0.1, -0.05) is 24.3 Å². The molecule has 1 fully saturated rings. The predicted octanol–water partition coefficient (Wildman–Crippen LogP) is 4.20. The van der Waals surface area contributed by atoms with Gasteiger partial charge in [-0.25, -0.2) is 4.39 Å². The number of likely N-dealkylation sites (tertiary alicyclic amines) is 1. The second-order valence-corrected chi connectivity index (χ2v) is 6.87. The first kappa shape index (κ1) is 17.4. The van der Waals surface area contributed by atoms with Crippen LogP contribution in [-0.4, -0.2) is 34.1 Å². The topological polar surface area (TPSA) is 59.2 Å². The number of benzene rings is 2. The molecule has 1 aliphatic heterocycles. The number of rotatable bonds is 3. The van der Waals surface area contributed by atoms with Crippen LogP contribution in [0.2, 0.25) is 0 Å². The van der Waals surface area contributed by atoms with Crippen molar-refractivity contribution in [3.8, 4) is 11.5 Å². The highest BCUT2D eigenvalue weighted by atomic mass is 19.1. The summed E-state index contributed by atoms with van der Waals surface area (Å²) in [7, 11) is 0. The Morgan fingerprint density at radius 3 is 2.78 bits per heavy atom. The fourth-order valence-corrected chi connectivity index (χ4v) is 3.37. The molecule has 1 saturated heterocycles. The Labute approximate surface area is 156 Å². The van der Waals surface area contributed by atoms with Crippen LogP contribution >= 0.6 is 0 Å². The molecule has 1 atom stereocenters. The van der Waals surface area contributed by atoms with E-state index in [1.54, 1.807) is 24.0 Å². The summed E-state index contributed by atoms with van der Waals surface area (Å²) >= 11 is 0. The van der Waals surface area contributed by atoms with E-state index >= 15 is 0 Å². The van der Waals surface area contributed by atoms with E-state index in [0.29, 0.717) is 36.0 Å². The fraction of sp³-hybridized carbons (Fsp3) is 0.286. The van der Waals surface area contributed by atoms with Crippen molar-refractivity contribution in [1.29, 1.82) is 0 Å². The Morgan fingerprint density at radius 2 is 2.00 bits per heavy atom. The fourth-order valence-electron chi connectivity index (χ4n) is 3.37. The third-order valence-corrected chi connectivity index (χ3v) is 4.94. The molecular weight excluding hydrogens is 345 g/mol. The molecule has 6 heteroatoms. The number of amides is 1. The molecule has 2 heterocycles. The van der Waals surface area contributed by atoms with Crippen LogP contribution in [0.3, 0.4) is 0 Å². The molecule has 0 aliphatic carbocycles. The van der Waals surface area contributed by atoms with Crippen LogP contribution in [0, 0.1) is 12.7 Å². The summed E-state index contributed by atoms with van der Waals surface area (Å²) in [5, 5.41) is 8.34. The Balaban J connectivity index is 1.50. The number of nitrogens with zero attached hydrogens (tertiary/aromatic N) is 3. The minimum Gasteiger partial charge on any atom is -0.420 e. The van der Waals surface area contributed by atoms with Gasteiger partial charge < -0.3 is 9.32 Å². The molecule has 4 rings (SSSR count). The van der Waals surface area contributed by atoms with Crippen molar-refractivity contribution in [3.63, 3.8) is 0 Å². The summed E-state index contributed by atoms with van der Waals surface area (Å²) in [6.45, 7) is 2.82. The smallest absolute Gasteiger partial charge is 0.253 e. The standard InChI is InChI=1S/C21H20FN3O2/c1-14-9-10-16(12-18(14)22)21(26)25-11-5-8-17(13-25)20-24-23-19(27-20)15-6-3-2-4-7-15/h2-4,6-7,9-10,12,17H,5,8,11,13H2,1H3/t17-/m1/s1. The first-order chi connectivity index (χ1) is 13.1. The summed E-state index contributed by atoms with van der Waals surface area (Å²) in [5.41, 5.74) is 1.77. The van der Waals surface area contributed by atoms with Gasteiger partial charge in [-0.15, -0.1) is 10.2 Å². The Hall–Kier alpha value is -3.02. The SMILES string of the molecule is Cc1ccc(C(=O)N2CCC[C@@H](c3nnc(-c4ccccc4)o3)C2)cc1F. The highest BCUT2D eigenvalue weighted by Gasteiger charge is 2.29. The highest BCUT2D eigenvalue weighted by molar-refractivity contribution is 5.94. The predicted molar refractivity (Wildman–Crippen MR) is 98.7 cm³/mol. The second kappa shape index (κ2) is 7.31. The largest absolute Gasteiger partial charge is 0.420 e. The molecule has 27 heavy (non-hydrogen) atoms. The number of halogens is 1.